The van der Waals surface area contributed by atoms with Crippen molar-refractivity contribution >= 4 is 39.5 Å². The molecule has 0 radical (unpaired) electrons. The number of benzene rings is 2. The molecule has 2 aromatic heterocycles. The summed E-state index contributed by atoms with van der Waals surface area (Å²) in [6, 6.07) is 15.0. The average Bonchev–Trinajstić information content (AvgIpc) is 2.97. The van der Waals surface area contributed by atoms with E-state index >= 15 is 0 Å². The zero-order chi connectivity index (χ0) is 18.8. The Balaban J connectivity index is 1.44. The number of aryl methyl sites for hydroxylation is 1. The molecule has 0 N–H and O–H groups in total. The zero-order valence-electron chi connectivity index (χ0n) is 15.3. The molecular formula is C20H20FN5S. The third-order valence-electron chi connectivity index (χ3n) is 4.61. The SMILES string of the molecule is CN(CCCSc1nnc2c3cc(F)ccc3n(C)c2n1)c1ccccc1. The molecule has 5 nitrogen and oxygen atoms in total. The van der Waals surface area contributed by atoms with Crippen LogP contribution in [0.2, 0.25) is 0 Å². The Bertz CT molecular complexity index is 1080. The molecule has 27 heavy (non-hydrogen) atoms. The highest BCUT2D eigenvalue weighted by atomic mass is 32.2. The van der Waals surface area contributed by atoms with Gasteiger partial charge in [0.15, 0.2) is 5.65 Å². The quantitative estimate of drug-likeness (QED) is 0.369. The Labute approximate surface area is 161 Å². The van der Waals surface area contributed by atoms with Gasteiger partial charge < -0.3 is 9.47 Å². The van der Waals surface area contributed by atoms with Crippen molar-refractivity contribution in [3.05, 3.63) is 54.3 Å². The summed E-state index contributed by atoms with van der Waals surface area (Å²) in [5.74, 6) is 0.626. The molecule has 0 fully saturated rings. The van der Waals surface area contributed by atoms with Gasteiger partial charge in [-0.3, -0.25) is 0 Å². The Morgan fingerprint density at radius 2 is 1.93 bits per heavy atom. The highest BCUT2D eigenvalue weighted by Gasteiger charge is 2.13. The van der Waals surface area contributed by atoms with Gasteiger partial charge in [-0.15, -0.1) is 10.2 Å². The fraction of sp³-hybridized carbons (Fsp3) is 0.250. The number of rotatable bonds is 6. The number of thioether (sulfide) groups is 1. The van der Waals surface area contributed by atoms with E-state index in [1.54, 1.807) is 17.8 Å². The van der Waals surface area contributed by atoms with Crippen molar-refractivity contribution in [2.24, 2.45) is 7.05 Å². The topological polar surface area (TPSA) is 46.8 Å². The fourth-order valence-corrected chi connectivity index (χ4v) is 3.86. The lowest BCUT2D eigenvalue weighted by molar-refractivity contribution is 0.629. The fourth-order valence-electron chi connectivity index (χ4n) is 3.15. The van der Waals surface area contributed by atoms with E-state index in [2.05, 4.69) is 39.3 Å². The Hall–Kier alpha value is -2.67. The number of halogens is 1. The molecule has 2 heterocycles. The minimum atomic E-state index is -0.280. The summed E-state index contributed by atoms with van der Waals surface area (Å²) in [4.78, 5) is 6.87. The lowest BCUT2D eigenvalue weighted by Crippen LogP contribution is -2.18. The van der Waals surface area contributed by atoms with E-state index in [-0.39, 0.29) is 5.82 Å². The van der Waals surface area contributed by atoms with Crippen LogP contribution >= 0.6 is 11.8 Å². The second kappa shape index (κ2) is 7.52. The number of fused-ring (bicyclic) bond motifs is 3. The van der Waals surface area contributed by atoms with Crippen molar-refractivity contribution < 1.29 is 4.39 Å². The molecule has 0 amide bonds. The molecule has 0 unspecified atom stereocenters. The van der Waals surface area contributed by atoms with Gasteiger partial charge in [0.05, 0.1) is 5.52 Å². The van der Waals surface area contributed by atoms with Gasteiger partial charge in [-0.25, -0.2) is 9.37 Å². The molecule has 0 atom stereocenters. The maximum absolute atomic E-state index is 13.6. The number of hydrogen-bond donors (Lipinski definition) is 0. The molecule has 4 rings (SSSR count). The van der Waals surface area contributed by atoms with Crippen LogP contribution in [0.4, 0.5) is 10.1 Å². The molecule has 0 bridgehead atoms. The van der Waals surface area contributed by atoms with Gasteiger partial charge >= 0.3 is 0 Å². The third-order valence-corrected chi connectivity index (χ3v) is 5.53. The predicted molar refractivity (Wildman–Crippen MR) is 109 cm³/mol. The molecule has 7 heteroatoms. The van der Waals surface area contributed by atoms with Gasteiger partial charge in [-0.1, -0.05) is 30.0 Å². The average molecular weight is 381 g/mol. The van der Waals surface area contributed by atoms with Crippen molar-refractivity contribution in [3.8, 4) is 0 Å². The molecular weight excluding hydrogens is 361 g/mol. The Morgan fingerprint density at radius 1 is 1.11 bits per heavy atom. The summed E-state index contributed by atoms with van der Waals surface area (Å²) in [7, 11) is 4.01. The monoisotopic (exact) mass is 381 g/mol. The van der Waals surface area contributed by atoms with Crippen LogP contribution in [-0.4, -0.2) is 39.1 Å². The van der Waals surface area contributed by atoms with E-state index in [4.69, 9.17) is 0 Å². The van der Waals surface area contributed by atoms with Gasteiger partial charge in [0, 0.05) is 37.5 Å². The van der Waals surface area contributed by atoms with E-state index in [1.165, 1.54) is 17.8 Å². The van der Waals surface area contributed by atoms with Crippen LogP contribution in [-0.2, 0) is 7.05 Å². The molecule has 138 valence electrons. The lowest BCUT2D eigenvalue weighted by atomic mass is 10.2. The molecule has 0 saturated carbocycles. The van der Waals surface area contributed by atoms with Crippen LogP contribution in [0, 0.1) is 5.82 Å². The molecule has 2 aromatic carbocycles. The van der Waals surface area contributed by atoms with Crippen molar-refractivity contribution in [3.63, 3.8) is 0 Å². The summed E-state index contributed by atoms with van der Waals surface area (Å²) in [6.45, 7) is 0.958. The van der Waals surface area contributed by atoms with Gasteiger partial charge in [-0.05, 0) is 36.8 Å². The molecule has 0 aliphatic carbocycles. The first-order chi connectivity index (χ1) is 13.1. The first kappa shape index (κ1) is 17.7. The minimum absolute atomic E-state index is 0.280. The summed E-state index contributed by atoms with van der Waals surface area (Å²) in [5.41, 5.74) is 3.49. The maximum atomic E-state index is 13.6. The Kier molecular flexibility index (Phi) is 4.94. The molecule has 0 aliphatic heterocycles. The number of para-hydroxylation sites is 1. The van der Waals surface area contributed by atoms with Crippen LogP contribution in [0.15, 0.2) is 53.7 Å². The third kappa shape index (κ3) is 3.60. The van der Waals surface area contributed by atoms with Gasteiger partial charge in [0.2, 0.25) is 5.16 Å². The summed E-state index contributed by atoms with van der Waals surface area (Å²) < 4.78 is 15.5. The van der Waals surface area contributed by atoms with Gasteiger partial charge in [0.1, 0.15) is 11.3 Å². The summed E-state index contributed by atoms with van der Waals surface area (Å²) >= 11 is 1.60. The highest BCUT2D eigenvalue weighted by molar-refractivity contribution is 7.99. The number of nitrogens with zero attached hydrogens (tertiary/aromatic N) is 5. The van der Waals surface area contributed by atoms with E-state index in [9.17, 15) is 4.39 Å². The van der Waals surface area contributed by atoms with Crippen molar-refractivity contribution in [1.29, 1.82) is 0 Å². The Morgan fingerprint density at radius 3 is 2.74 bits per heavy atom. The number of anilines is 1. The largest absolute Gasteiger partial charge is 0.375 e. The summed E-state index contributed by atoms with van der Waals surface area (Å²) in [6.07, 6.45) is 1.01. The maximum Gasteiger partial charge on any atom is 0.211 e. The standard InChI is InChI=1S/C20H20FN5S/c1-25(15-7-4-3-5-8-15)11-6-12-27-20-22-19-18(23-24-20)16-13-14(21)9-10-17(16)26(19)2/h3-5,7-10,13H,6,11-12H2,1-2H3. The normalized spacial score (nSPS) is 11.4. The van der Waals surface area contributed by atoms with E-state index < -0.39 is 0 Å². The van der Waals surface area contributed by atoms with Gasteiger partial charge in [0.25, 0.3) is 0 Å². The van der Waals surface area contributed by atoms with Crippen molar-refractivity contribution in [1.82, 2.24) is 19.7 Å². The summed E-state index contributed by atoms with van der Waals surface area (Å²) in [5, 5.41) is 9.92. The second-order valence-electron chi connectivity index (χ2n) is 6.45. The molecule has 4 aromatic rings. The molecule has 0 spiro atoms. The van der Waals surface area contributed by atoms with Crippen molar-refractivity contribution in [2.45, 2.75) is 11.6 Å². The highest BCUT2D eigenvalue weighted by Crippen LogP contribution is 2.27. The molecule has 0 aliphatic rings. The molecule has 0 saturated heterocycles. The number of aromatic nitrogens is 4. The van der Waals surface area contributed by atoms with Crippen LogP contribution in [0.3, 0.4) is 0 Å². The van der Waals surface area contributed by atoms with Crippen molar-refractivity contribution in [2.75, 3.05) is 24.2 Å². The second-order valence-corrected chi connectivity index (χ2v) is 7.51. The van der Waals surface area contributed by atoms with E-state index in [1.807, 2.05) is 29.8 Å². The first-order valence-electron chi connectivity index (χ1n) is 8.81. The first-order valence-corrected chi connectivity index (χ1v) is 9.79. The van der Waals surface area contributed by atoms with Gasteiger partial charge in [-0.2, -0.15) is 0 Å². The number of hydrogen-bond acceptors (Lipinski definition) is 5. The van der Waals surface area contributed by atoms with Crippen LogP contribution in [0.5, 0.6) is 0 Å². The lowest BCUT2D eigenvalue weighted by Gasteiger charge is -2.18. The van der Waals surface area contributed by atoms with E-state index in [0.717, 1.165) is 35.3 Å². The van der Waals surface area contributed by atoms with Crippen LogP contribution in [0.25, 0.3) is 22.1 Å². The van der Waals surface area contributed by atoms with Crippen LogP contribution in [0.1, 0.15) is 6.42 Å². The predicted octanol–water partition coefficient (Wildman–Crippen LogP) is 4.27. The smallest absolute Gasteiger partial charge is 0.211 e. The van der Waals surface area contributed by atoms with Crippen LogP contribution < -0.4 is 4.90 Å². The van der Waals surface area contributed by atoms with E-state index in [0.29, 0.717) is 10.7 Å². The minimum Gasteiger partial charge on any atom is -0.375 e. The zero-order valence-corrected chi connectivity index (χ0v) is 16.1.